The van der Waals surface area contributed by atoms with Gasteiger partial charge in [0.05, 0.1) is 18.4 Å². The van der Waals surface area contributed by atoms with Gasteiger partial charge in [0.2, 0.25) is 0 Å². The summed E-state index contributed by atoms with van der Waals surface area (Å²) in [7, 11) is 0. The molecular weight excluding hydrogens is 200 g/mol. The minimum absolute atomic E-state index is 0.778. The van der Waals surface area contributed by atoms with Crippen molar-refractivity contribution in [3.05, 3.63) is 47.8 Å². The Morgan fingerprint density at radius 2 is 2.06 bits per heavy atom. The van der Waals surface area contributed by atoms with E-state index in [0.717, 1.165) is 25.3 Å². The van der Waals surface area contributed by atoms with Gasteiger partial charge in [-0.3, -0.25) is 0 Å². The maximum Gasteiger partial charge on any atom is 0.0964 e. The number of rotatable bonds is 5. The zero-order chi connectivity index (χ0) is 11.2. The van der Waals surface area contributed by atoms with Crippen LogP contribution in [0.15, 0.2) is 36.5 Å². The molecule has 84 valence electrons. The number of nitrogens with one attached hydrogen (secondary N) is 1. The fourth-order valence-corrected chi connectivity index (χ4v) is 1.52. The molecule has 0 saturated heterocycles. The standard InChI is InChI=1S/C12H16N4/c1-2-13-8-12-10-16(15-14-12)9-11-6-4-3-5-7-11/h3-7,10,13H,2,8-9H2,1H3. The lowest BCUT2D eigenvalue weighted by Gasteiger charge is -1.99. The summed E-state index contributed by atoms with van der Waals surface area (Å²) in [5.41, 5.74) is 2.22. The van der Waals surface area contributed by atoms with Crippen LogP contribution in [0, 0.1) is 0 Å². The Balaban J connectivity index is 1.97. The summed E-state index contributed by atoms with van der Waals surface area (Å²) in [5.74, 6) is 0. The first-order valence-corrected chi connectivity index (χ1v) is 5.52. The van der Waals surface area contributed by atoms with Gasteiger partial charge in [-0.25, -0.2) is 4.68 Å². The Morgan fingerprint density at radius 3 is 2.81 bits per heavy atom. The van der Waals surface area contributed by atoms with E-state index in [1.54, 1.807) is 0 Å². The van der Waals surface area contributed by atoms with Crippen molar-refractivity contribution in [1.29, 1.82) is 0 Å². The summed E-state index contributed by atoms with van der Waals surface area (Å²) in [6.45, 7) is 4.59. The summed E-state index contributed by atoms with van der Waals surface area (Å²) in [4.78, 5) is 0. The molecular formula is C12H16N4. The molecule has 1 heterocycles. The Hall–Kier alpha value is -1.68. The van der Waals surface area contributed by atoms with Gasteiger partial charge in [-0.05, 0) is 12.1 Å². The number of aromatic nitrogens is 3. The highest BCUT2D eigenvalue weighted by molar-refractivity contribution is 5.14. The monoisotopic (exact) mass is 216 g/mol. The highest BCUT2D eigenvalue weighted by Gasteiger charge is 2.00. The Labute approximate surface area is 95.3 Å². The molecule has 16 heavy (non-hydrogen) atoms. The van der Waals surface area contributed by atoms with Crippen LogP contribution in [0.5, 0.6) is 0 Å². The second-order valence-corrected chi connectivity index (χ2v) is 3.67. The molecule has 0 bridgehead atoms. The molecule has 1 aromatic carbocycles. The third-order valence-electron chi connectivity index (χ3n) is 2.33. The molecule has 1 N–H and O–H groups in total. The van der Waals surface area contributed by atoms with Gasteiger partial charge in [0.1, 0.15) is 0 Å². The highest BCUT2D eigenvalue weighted by atomic mass is 15.4. The van der Waals surface area contributed by atoms with E-state index in [4.69, 9.17) is 0 Å². The van der Waals surface area contributed by atoms with E-state index in [-0.39, 0.29) is 0 Å². The van der Waals surface area contributed by atoms with E-state index in [0.29, 0.717) is 0 Å². The largest absolute Gasteiger partial charge is 0.311 e. The van der Waals surface area contributed by atoms with Gasteiger partial charge in [-0.2, -0.15) is 0 Å². The lowest BCUT2D eigenvalue weighted by atomic mass is 10.2. The maximum absolute atomic E-state index is 4.10. The summed E-state index contributed by atoms with van der Waals surface area (Å²) in [5, 5.41) is 11.4. The molecule has 0 aliphatic heterocycles. The van der Waals surface area contributed by atoms with Crippen LogP contribution in [0.2, 0.25) is 0 Å². The van der Waals surface area contributed by atoms with E-state index in [9.17, 15) is 0 Å². The first-order valence-electron chi connectivity index (χ1n) is 5.52. The summed E-state index contributed by atoms with van der Waals surface area (Å²) < 4.78 is 1.86. The average Bonchev–Trinajstić information content (AvgIpc) is 2.75. The number of hydrogen-bond donors (Lipinski definition) is 1. The van der Waals surface area contributed by atoms with Crippen LogP contribution in [0.1, 0.15) is 18.2 Å². The van der Waals surface area contributed by atoms with Gasteiger partial charge in [-0.15, -0.1) is 5.10 Å². The summed E-state index contributed by atoms with van der Waals surface area (Å²) in [6, 6.07) is 10.3. The van der Waals surface area contributed by atoms with Crippen LogP contribution in [0.3, 0.4) is 0 Å². The average molecular weight is 216 g/mol. The second kappa shape index (κ2) is 5.42. The van der Waals surface area contributed by atoms with Crippen LogP contribution in [-0.4, -0.2) is 21.5 Å². The molecule has 4 heteroatoms. The molecule has 0 aliphatic rings. The van der Waals surface area contributed by atoms with E-state index >= 15 is 0 Å². The Morgan fingerprint density at radius 1 is 1.25 bits per heavy atom. The van der Waals surface area contributed by atoms with Crippen molar-refractivity contribution in [2.24, 2.45) is 0 Å². The fourth-order valence-electron chi connectivity index (χ4n) is 1.52. The smallest absolute Gasteiger partial charge is 0.0964 e. The van der Waals surface area contributed by atoms with E-state index in [1.807, 2.05) is 29.1 Å². The third-order valence-corrected chi connectivity index (χ3v) is 2.33. The topological polar surface area (TPSA) is 42.7 Å². The molecule has 0 atom stereocenters. The van der Waals surface area contributed by atoms with Crippen molar-refractivity contribution in [1.82, 2.24) is 20.3 Å². The quantitative estimate of drug-likeness (QED) is 0.822. The van der Waals surface area contributed by atoms with Crippen molar-refractivity contribution < 1.29 is 0 Å². The number of benzene rings is 1. The van der Waals surface area contributed by atoms with E-state index in [1.165, 1.54) is 5.56 Å². The predicted octanol–water partition coefficient (Wildman–Crippen LogP) is 1.44. The van der Waals surface area contributed by atoms with Crippen LogP contribution >= 0.6 is 0 Å². The molecule has 0 unspecified atom stereocenters. The molecule has 0 aliphatic carbocycles. The molecule has 2 aromatic rings. The lowest BCUT2D eigenvalue weighted by molar-refractivity contribution is 0.648. The van der Waals surface area contributed by atoms with Crippen LogP contribution in [0.25, 0.3) is 0 Å². The second-order valence-electron chi connectivity index (χ2n) is 3.67. The van der Waals surface area contributed by atoms with Gasteiger partial charge in [0, 0.05) is 6.54 Å². The first-order chi connectivity index (χ1) is 7.88. The molecule has 0 fully saturated rings. The number of hydrogen-bond acceptors (Lipinski definition) is 3. The molecule has 0 amide bonds. The zero-order valence-corrected chi connectivity index (χ0v) is 9.43. The predicted molar refractivity (Wildman–Crippen MR) is 62.9 cm³/mol. The zero-order valence-electron chi connectivity index (χ0n) is 9.43. The van der Waals surface area contributed by atoms with Crippen molar-refractivity contribution in [2.75, 3.05) is 6.54 Å². The minimum atomic E-state index is 0.778. The van der Waals surface area contributed by atoms with Crippen LogP contribution in [0.4, 0.5) is 0 Å². The molecule has 0 spiro atoms. The molecule has 0 saturated carbocycles. The maximum atomic E-state index is 4.10. The lowest BCUT2D eigenvalue weighted by Crippen LogP contribution is -2.11. The first kappa shape index (κ1) is 10.8. The highest BCUT2D eigenvalue weighted by Crippen LogP contribution is 2.01. The van der Waals surface area contributed by atoms with Gasteiger partial charge < -0.3 is 5.32 Å². The molecule has 4 nitrogen and oxygen atoms in total. The molecule has 1 aromatic heterocycles. The fraction of sp³-hybridized carbons (Fsp3) is 0.333. The normalized spacial score (nSPS) is 10.6. The number of nitrogens with zero attached hydrogens (tertiary/aromatic N) is 3. The summed E-state index contributed by atoms with van der Waals surface area (Å²) in [6.07, 6.45) is 1.98. The van der Waals surface area contributed by atoms with E-state index < -0.39 is 0 Å². The van der Waals surface area contributed by atoms with Crippen LogP contribution < -0.4 is 5.32 Å². The van der Waals surface area contributed by atoms with Crippen molar-refractivity contribution >= 4 is 0 Å². The minimum Gasteiger partial charge on any atom is -0.311 e. The SMILES string of the molecule is CCNCc1cn(Cc2ccccc2)nn1. The van der Waals surface area contributed by atoms with Crippen LogP contribution in [-0.2, 0) is 13.1 Å². The Bertz CT molecular complexity index is 422. The van der Waals surface area contributed by atoms with E-state index in [2.05, 4.69) is 34.7 Å². The van der Waals surface area contributed by atoms with Crippen molar-refractivity contribution in [3.8, 4) is 0 Å². The van der Waals surface area contributed by atoms with Crippen molar-refractivity contribution in [3.63, 3.8) is 0 Å². The van der Waals surface area contributed by atoms with Gasteiger partial charge in [0.25, 0.3) is 0 Å². The Kier molecular flexibility index (Phi) is 3.66. The summed E-state index contributed by atoms with van der Waals surface area (Å²) >= 11 is 0. The van der Waals surface area contributed by atoms with Gasteiger partial charge in [-0.1, -0.05) is 42.5 Å². The molecule has 0 radical (unpaired) electrons. The van der Waals surface area contributed by atoms with Gasteiger partial charge in [0.15, 0.2) is 0 Å². The molecule has 2 rings (SSSR count). The third kappa shape index (κ3) is 2.90. The van der Waals surface area contributed by atoms with Crippen molar-refractivity contribution in [2.45, 2.75) is 20.0 Å². The van der Waals surface area contributed by atoms with Gasteiger partial charge >= 0.3 is 0 Å².